The van der Waals surface area contributed by atoms with Crippen LogP contribution in [0.2, 0.25) is 0 Å². The molecule has 0 saturated carbocycles. The Kier molecular flexibility index (Phi) is 4.01. The van der Waals surface area contributed by atoms with Crippen molar-refractivity contribution in [2.45, 2.75) is 18.4 Å². The predicted molar refractivity (Wildman–Crippen MR) is 77.9 cm³/mol. The van der Waals surface area contributed by atoms with Gasteiger partial charge in [0.1, 0.15) is 11.5 Å². The largest absolute Gasteiger partial charge is 0.465 e. The Hall–Kier alpha value is -1.99. The summed E-state index contributed by atoms with van der Waals surface area (Å²) in [6.07, 6.45) is 0. The van der Waals surface area contributed by atoms with Crippen molar-refractivity contribution in [1.29, 1.82) is 0 Å². The Labute approximate surface area is 118 Å². The Bertz CT molecular complexity index is 707. The van der Waals surface area contributed by atoms with E-state index in [0.717, 1.165) is 11.5 Å². The van der Waals surface area contributed by atoms with Crippen LogP contribution in [0.5, 0.6) is 0 Å². The molecule has 0 radical (unpaired) electrons. The fourth-order valence-corrected chi connectivity index (χ4v) is 2.51. The summed E-state index contributed by atoms with van der Waals surface area (Å²) < 4.78 is 31.0. The van der Waals surface area contributed by atoms with Crippen LogP contribution in [-0.4, -0.2) is 15.5 Å². The molecular formula is C13H17N3O3S. The molecule has 20 heavy (non-hydrogen) atoms. The molecular weight excluding hydrogens is 278 g/mol. The van der Waals surface area contributed by atoms with E-state index in [9.17, 15) is 8.42 Å². The highest BCUT2D eigenvalue weighted by molar-refractivity contribution is 7.89. The van der Waals surface area contributed by atoms with Crippen LogP contribution in [0, 0.1) is 6.92 Å². The van der Waals surface area contributed by atoms with Gasteiger partial charge in [-0.25, -0.2) is 13.1 Å². The fraction of sp³-hybridized carbons (Fsp3) is 0.231. The SMILES string of the molecule is CNS(=O)(=O)c1ccc(NCc2ccc(C)o2)c(N)c1. The molecule has 0 aliphatic heterocycles. The highest BCUT2D eigenvalue weighted by atomic mass is 32.2. The van der Waals surface area contributed by atoms with Gasteiger partial charge in [0, 0.05) is 0 Å². The van der Waals surface area contributed by atoms with Gasteiger partial charge in [0.05, 0.1) is 22.8 Å². The van der Waals surface area contributed by atoms with Crippen molar-refractivity contribution in [2.75, 3.05) is 18.1 Å². The smallest absolute Gasteiger partial charge is 0.240 e. The van der Waals surface area contributed by atoms with Gasteiger partial charge in [-0.05, 0) is 44.3 Å². The second-order valence-electron chi connectivity index (χ2n) is 4.32. The summed E-state index contributed by atoms with van der Waals surface area (Å²) in [6.45, 7) is 2.35. The minimum atomic E-state index is -3.48. The molecule has 1 heterocycles. The Morgan fingerprint density at radius 2 is 2.00 bits per heavy atom. The van der Waals surface area contributed by atoms with E-state index in [4.69, 9.17) is 10.2 Å². The topological polar surface area (TPSA) is 97.4 Å². The van der Waals surface area contributed by atoms with E-state index in [2.05, 4.69) is 10.0 Å². The average molecular weight is 295 g/mol. The number of hydrogen-bond donors (Lipinski definition) is 3. The number of nitrogens with one attached hydrogen (secondary N) is 2. The third-order valence-electron chi connectivity index (χ3n) is 2.85. The molecule has 0 atom stereocenters. The molecule has 4 N–H and O–H groups in total. The maximum Gasteiger partial charge on any atom is 0.240 e. The molecule has 1 aromatic carbocycles. The quantitative estimate of drug-likeness (QED) is 0.729. The molecule has 0 spiro atoms. The third kappa shape index (κ3) is 3.12. The molecule has 2 aromatic rings. The highest BCUT2D eigenvalue weighted by Gasteiger charge is 2.12. The van der Waals surface area contributed by atoms with Crippen molar-refractivity contribution < 1.29 is 12.8 Å². The first-order valence-corrected chi connectivity index (χ1v) is 7.53. The minimum Gasteiger partial charge on any atom is -0.465 e. The molecule has 1 aromatic heterocycles. The van der Waals surface area contributed by atoms with E-state index in [0.29, 0.717) is 17.9 Å². The molecule has 2 rings (SSSR count). The van der Waals surface area contributed by atoms with Crippen LogP contribution < -0.4 is 15.8 Å². The van der Waals surface area contributed by atoms with Crippen molar-refractivity contribution in [3.05, 3.63) is 41.9 Å². The van der Waals surface area contributed by atoms with Crippen molar-refractivity contribution in [3.63, 3.8) is 0 Å². The van der Waals surface area contributed by atoms with E-state index in [1.165, 1.54) is 19.2 Å². The first kappa shape index (κ1) is 14.4. The van der Waals surface area contributed by atoms with Gasteiger partial charge in [0.2, 0.25) is 10.0 Å². The van der Waals surface area contributed by atoms with Crippen LogP contribution in [0.15, 0.2) is 39.6 Å². The van der Waals surface area contributed by atoms with Crippen LogP contribution in [-0.2, 0) is 16.6 Å². The van der Waals surface area contributed by atoms with Crippen molar-refractivity contribution in [2.24, 2.45) is 0 Å². The lowest BCUT2D eigenvalue weighted by atomic mass is 10.2. The molecule has 0 amide bonds. The molecule has 0 aliphatic rings. The van der Waals surface area contributed by atoms with Crippen LogP contribution >= 0.6 is 0 Å². The van der Waals surface area contributed by atoms with Crippen LogP contribution in [0.25, 0.3) is 0 Å². The molecule has 0 saturated heterocycles. The molecule has 6 nitrogen and oxygen atoms in total. The molecule has 7 heteroatoms. The standard InChI is InChI=1S/C13H17N3O3S/c1-9-3-4-10(19-9)8-16-13-6-5-11(7-12(13)14)20(17,18)15-2/h3-7,15-16H,8,14H2,1-2H3. The summed E-state index contributed by atoms with van der Waals surface area (Å²) >= 11 is 0. The Balaban J connectivity index is 2.14. The zero-order valence-electron chi connectivity index (χ0n) is 11.3. The van der Waals surface area contributed by atoms with Gasteiger partial charge >= 0.3 is 0 Å². The van der Waals surface area contributed by atoms with E-state index in [-0.39, 0.29) is 4.90 Å². The summed E-state index contributed by atoms with van der Waals surface area (Å²) in [5.41, 5.74) is 6.88. The Morgan fingerprint density at radius 1 is 1.25 bits per heavy atom. The van der Waals surface area contributed by atoms with Gasteiger partial charge < -0.3 is 15.5 Å². The molecule has 108 valence electrons. The number of furan rings is 1. The third-order valence-corrected chi connectivity index (χ3v) is 4.26. The number of benzene rings is 1. The lowest BCUT2D eigenvalue weighted by Crippen LogP contribution is -2.18. The zero-order valence-corrected chi connectivity index (χ0v) is 12.1. The van der Waals surface area contributed by atoms with E-state index in [1.54, 1.807) is 6.07 Å². The van der Waals surface area contributed by atoms with E-state index in [1.807, 2.05) is 19.1 Å². The van der Waals surface area contributed by atoms with E-state index >= 15 is 0 Å². The number of aryl methyl sites for hydroxylation is 1. The van der Waals surface area contributed by atoms with Crippen molar-refractivity contribution >= 4 is 21.4 Å². The van der Waals surface area contributed by atoms with Gasteiger partial charge in [-0.1, -0.05) is 0 Å². The molecule has 0 fully saturated rings. The lowest BCUT2D eigenvalue weighted by Gasteiger charge is -2.10. The monoisotopic (exact) mass is 295 g/mol. The van der Waals surface area contributed by atoms with Gasteiger partial charge in [-0.15, -0.1) is 0 Å². The second-order valence-corrected chi connectivity index (χ2v) is 6.21. The molecule has 0 bridgehead atoms. The summed E-state index contributed by atoms with van der Waals surface area (Å²) in [5.74, 6) is 1.62. The molecule has 0 aliphatic carbocycles. The fourth-order valence-electron chi connectivity index (χ4n) is 1.75. The summed E-state index contributed by atoms with van der Waals surface area (Å²) in [5, 5.41) is 3.11. The van der Waals surface area contributed by atoms with Crippen molar-refractivity contribution in [3.8, 4) is 0 Å². The highest BCUT2D eigenvalue weighted by Crippen LogP contribution is 2.23. The normalized spacial score (nSPS) is 11.5. The first-order chi connectivity index (χ1) is 9.42. The number of sulfonamides is 1. The molecule has 0 unspecified atom stereocenters. The average Bonchev–Trinajstić information content (AvgIpc) is 2.83. The van der Waals surface area contributed by atoms with Gasteiger partial charge in [-0.3, -0.25) is 0 Å². The van der Waals surface area contributed by atoms with Crippen LogP contribution in [0.4, 0.5) is 11.4 Å². The van der Waals surface area contributed by atoms with Gasteiger partial charge in [0.15, 0.2) is 0 Å². The maximum atomic E-state index is 11.6. The van der Waals surface area contributed by atoms with E-state index < -0.39 is 10.0 Å². The number of rotatable bonds is 5. The maximum absolute atomic E-state index is 11.6. The summed E-state index contributed by atoms with van der Waals surface area (Å²) in [4.78, 5) is 0.136. The van der Waals surface area contributed by atoms with Crippen molar-refractivity contribution in [1.82, 2.24) is 4.72 Å². The second kappa shape index (κ2) is 5.56. The van der Waals surface area contributed by atoms with Crippen LogP contribution in [0.3, 0.4) is 0 Å². The minimum absolute atomic E-state index is 0.136. The summed E-state index contributed by atoms with van der Waals surface area (Å²) in [6, 6.07) is 8.30. The number of nitrogen functional groups attached to an aromatic ring is 1. The van der Waals surface area contributed by atoms with Gasteiger partial charge in [-0.2, -0.15) is 0 Å². The lowest BCUT2D eigenvalue weighted by molar-refractivity contribution is 0.490. The zero-order chi connectivity index (χ0) is 14.8. The number of anilines is 2. The predicted octanol–water partition coefficient (Wildman–Crippen LogP) is 1.69. The first-order valence-electron chi connectivity index (χ1n) is 6.04. The number of nitrogens with two attached hydrogens (primary N) is 1. The van der Waals surface area contributed by atoms with Crippen LogP contribution in [0.1, 0.15) is 11.5 Å². The Morgan fingerprint density at radius 3 is 2.55 bits per heavy atom. The summed E-state index contributed by atoms with van der Waals surface area (Å²) in [7, 11) is -2.12. The van der Waals surface area contributed by atoms with Gasteiger partial charge in [0.25, 0.3) is 0 Å². The number of hydrogen-bond acceptors (Lipinski definition) is 5.